The Morgan fingerprint density at radius 1 is 0.941 bits per heavy atom. The number of rotatable bonds is 9. The van der Waals surface area contributed by atoms with Crippen molar-refractivity contribution in [1.82, 2.24) is 0 Å². The predicted molar refractivity (Wildman–Crippen MR) is 105 cm³/mol. The third kappa shape index (κ3) is 6.71. The molecular weight excluding hydrogens is 464 g/mol. The van der Waals surface area contributed by atoms with Gasteiger partial charge in [-0.15, -0.1) is 0 Å². The summed E-state index contributed by atoms with van der Waals surface area (Å²) in [6.45, 7) is 3.31. The van der Waals surface area contributed by atoms with E-state index in [0.29, 0.717) is 0 Å². The predicted octanol–water partition coefficient (Wildman–Crippen LogP) is 0.602. The van der Waals surface area contributed by atoms with Gasteiger partial charge < -0.3 is 28.4 Å². The second kappa shape index (κ2) is 12.2. The summed E-state index contributed by atoms with van der Waals surface area (Å²) >= 11 is 0. The average molecular weight is 486 g/mol. The molecule has 17 heteroatoms. The van der Waals surface area contributed by atoms with Gasteiger partial charge in [0, 0.05) is 37.5 Å². The highest BCUT2D eigenvalue weighted by molar-refractivity contribution is 5.81. The number of hydrogen-bond donors (Lipinski definition) is 0. The molecule has 0 aromatic heterocycles. The van der Waals surface area contributed by atoms with Gasteiger partial charge in [0.05, 0.1) is 7.11 Å². The van der Waals surface area contributed by atoms with E-state index in [-0.39, 0.29) is 0 Å². The number of azide groups is 2. The Labute approximate surface area is 191 Å². The molecule has 1 fully saturated rings. The van der Waals surface area contributed by atoms with E-state index in [1.165, 1.54) is 0 Å². The summed E-state index contributed by atoms with van der Waals surface area (Å²) in [6, 6.07) is -1.95. The maximum absolute atomic E-state index is 12.7. The van der Waals surface area contributed by atoms with Crippen LogP contribution in [0.2, 0.25) is 0 Å². The first-order valence-electron chi connectivity index (χ1n) is 9.45. The first kappa shape index (κ1) is 28.0. The fourth-order valence-electron chi connectivity index (χ4n) is 3.18. The van der Waals surface area contributed by atoms with Crippen molar-refractivity contribution in [3.8, 4) is 0 Å². The van der Waals surface area contributed by atoms with Crippen LogP contribution in [0.5, 0.6) is 0 Å². The molecule has 6 atom stereocenters. The van der Waals surface area contributed by atoms with Crippen molar-refractivity contribution in [2.75, 3.05) is 13.7 Å². The van der Waals surface area contributed by atoms with Crippen molar-refractivity contribution in [3.05, 3.63) is 20.9 Å². The Morgan fingerprint density at radius 3 is 1.97 bits per heavy atom. The molecule has 1 aliphatic rings. The minimum Gasteiger partial charge on any atom is -0.467 e. The fraction of sp³-hybridized carbons (Fsp3) is 0.706. The summed E-state index contributed by atoms with van der Waals surface area (Å²) in [7, 11) is 0.893. The number of methoxy groups -OCH3 is 1. The van der Waals surface area contributed by atoms with Crippen LogP contribution < -0.4 is 0 Å². The molecule has 186 valence electrons. The van der Waals surface area contributed by atoms with Crippen LogP contribution in [-0.4, -0.2) is 79.7 Å². The maximum atomic E-state index is 12.7. The zero-order valence-corrected chi connectivity index (χ0v) is 18.8. The zero-order valence-electron chi connectivity index (χ0n) is 18.8. The standard InChI is InChI=1S/C17H22N6O11/c1-7(24)30-6-11(31-8(2)25)12-13(32-9(3)26)14(33-10(4)27)15(20-22-18)17(34-12,21-23-19)16(28)29-5/h11-15H,6H2,1-5H3/t11-,12?,13+,14?,15?,17+/m1/s1. The van der Waals surface area contributed by atoms with Gasteiger partial charge in [-0.1, -0.05) is 5.11 Å². The van der Waals surface area contributed by atoms with E-state index in [0.717, 1.165) is 34.8 Å². The van der Waals surface area contributed by atoms with Gasteiger partial charge in [-0.05, 0) is 16.2 Å². The van der Waals surface area contributed by atoms with E-state index in [2.05, 4.69) is 24.8 Å². The molecule has 1 heterocycles. The number of carbonyl (C=O) groups excluding carboxylic acids is 5. The van der Waals surface area contributed by atoms with E-state index < -0.39 is 72.6 Å². The van der Waals surface area contributed by atoms with Gasteiger partial charge in [0.2, 0.25) is 0 Å². The molecule has 1 rings (SSSR count). The Hall–Kier alpha value is -4.07. The van der Waals surface area contributed by atoms with E-state index in [4.69, 9.17) is 34.7 Å². The van der Waals surface area contributed by atoms with Crippen molar-refractivity contribution in [3.63, 3.8) is 0 Å². The minimum atomic E-state index is -2.81. The van der Waals surface area contributed by atoms with Crippen LogP contribution in [0, 0.1) is 0 Å². The SMILES string of the molecule is COC(=O)[C@@]1(N=[N+]=[N-])OC([C@@H](COC(C)=O)OC(C)=O)[C@H](OC(C)=O)C(OC(C)=O)C1N=[N+]=[N-]. The van der Waals surface area contributed by atoms with Crippen LogP contribution in [0.3, 0.4) is 0 Å². The van der Waals surface area contributed by atoms with Crippen molar-refractivity contribution < 1.29 is 52.4 Å². The highest BCUT2D eigenvalue weighted by Gasteiger charge is 2.64. The first-order chi connectivity index (χ1) is 15.9. The van der Waals surface area contributed by atoms with Crippen LogP contribution in [-0.2, 0) is 52.4 Å². The lowest BCUT2D eigenvalue weighted by Gasteiger charge is -2.48. The molecule has 17 nitrogen and oxygen atoms in total. The lowest BCUT2D eigenvalue weighted by molar-refractivity contribution is -0.264. The average Bonchev–Trinajstić information content (AvgIpc) is 2.73. The summed E-state index contributed by atoms with van der Waals surface area (Å²) in [5.74, 6) is -5.02. The third-order valence-corrected chi connectivity index (χ3v) is 4.26. The molecular formula is C17H22N6O11. The quantitative estimate of drug-likeness (QED) is 0.144. The first-order valence-corrected chi connectivity index (χ1v) is 9.45. The molecule has 0 radical (unpaired) electrons. The number of hydrogen-bond acceptors (Lipinski definition) is 13. The van der Waals surface area contributed by atoms with E-state index in [1.54, 1.807) is 0 Å². The van der Waals surface area contributed by atoms with Crippen LogP contribution in [0.15, 0.2) is 10.2 Å². The van der Waals surface area contributed by atoms with E-state index >= 15 is 0 Å². The van der Waals surface area contributed by atoms with Crippen LogP contribution >= 0.6 is 0 Å². The molecule has 0 amide bonds. The lowest BCUT2D eigenvalue weighted by Crippen LogP contribution is -2.70. The van der Waals surface area contributed by atoms with Crippen molar-refractivity contribution in [2.45, 2.75) is 63.9 Å². The smallest absolute Gasteiger partial charge is 0.345 e. The van der Waals surface area contributed by atoms with Gasteiger partial charge in [-0.25, -0.2) is 4.79 Å². The lowest BCUT2D eigenvalue weighted by atomic mass is 9.86. The molecule has 0 aromatic rings. The summed E-state index contributed by atoms with van der Waals surface area (Å²) in [4.78, 5) is 64.6. The van der Waals surface area contributed by atoms with Crippen LogP contribution in [0.1, 0.15) is 27.7 Å². The molecule has 0 N–H and O–H groups in total. The molecule has 0 saturated carbocycles. The van der Waals surface area contributed by atoms with Gasteiger partial charge in [-0.3, -0.25) is 19.2 Å². The Kier molecular flexibility index (Phi) is 10.1. The van der Waals surface area contributed by atoms with Crippen molar-refractivity contribution in [1.29, 1.82) is 0 Å². The monoisotopic (exact) mass is 486 g/mol. The molecule has 0 bridgehead atoms. The Balaban J connectivity index is 3.89. The molecule has 0 aromatic carbocycles. The third-order valence-electron chi connectivity index (χ3n) is 4.26. The Bertz CT molecular complexity index is 929. The molecule has 1 aliphatic heterocycles. The summed E-state index contributed by atoms with van der Waals surface area (Å²) in [5, 5.41) is 6.68. The molecule has 3 unspecified atom stereocenters. The van der Waals surface area contributed by atoms with Gasteiger partial charge in [0.25, 0.3) is 5.72 Å². The topological polar surface area (TPSA) is 238 Å². The molecule has 0 aliphatic carbocycles. The number of ether oxygens (including phenoxy) is 6. The van der Waals surface area contributed by atoms with Gasteiger partial charge >= 0.3 is 29.8 Å². The zero-order chi connectivity index (χ0) is 26.1. The van der Waals surface area contributed by atoms with E-state index in [1.807, 2.05) is 0 Å². The number of esters is 5. The van der Waals surface area contributed by atoms with Crippen LogP contribution in [0.4, 0.5) is 0 Å². The highest BCUT2D eigenvalue weighted by Crippen LogP contribution is 2.39. The minimum absolute atomic E-state index is 0.677. The van der Waals surface area contributed by atoms with E-state index in [9.17, 15) is 24.0 Å². The molecule has 34 heavy (non-hydrogen) atoms. The summed E-state index contributed by atoms with van der Waals surface area (Å²) < 4.78 is 30.7. The summed E-state index contributed by atoms with van der Waals surface area (Å²) in [5.41, 5.74) is 15.4. The number of nitrogens with zero attached hydrogens (tertiary/aromatic N) is 6. The largest absolute Gasteiger partial charge is 0.467 e. The van der Waals surface area contributed by atoms with Gasteiger partial charge in [0.15, 0.2) is 18.3 Å². The van der Waals surface area contributed by atoms with Crippen molar-refractivity contribution in [2.24, 2.45) is 10.2 Å². The van der Waals surface area contributed by atoms with Gasteiger partial charge in [-0.2, -0.15) is 0 Å². The normalized spacial score (nSPS) is 26.4. The second-order valence-electron chi connectivity index (χ2n) is 6.71. The van der Waals surface area contributed by atoms with Crippen molar-refractivity contribution >= 4 is 29.8 Å². The molecule has 0 spiro atoms. The Morgan fingerprint density at radius 2 is 1.53 bits per heavy atom. The molecule has 1 saturated heterocycles. The second-order valence-corrected chi connectivity index (χ2v) is 6.71. The van der Waals surface area contributed by atoms with Crippen LogP contribution in [0.25, 0.3) is 20.9 Å². The highest BCUT2D eigenvalue weighted by atomic mass is 16.7. The van der Waals surface area contributed by atoms with Gasteiger partial charge in [0.1, 0.15) is 18.8 Å². The fourth-order valence-corrected chi connectivity index (χ4v) is 3.18. The number of carbonyl (C=O) groups is 5. The maximum Gasteiger partial charge on any atom is 0.345 e. The summed E-state index contributed by atoms with van der Waals surface area (Å²) in [6.07, 6.45) is -6.86.